The number of hydrogen-bond donors (Lipinski definition) is 1. The molecule has 0 fully saturated rings. The number of benzene rings is 3. The summed E-state index contributed by atoms with van der Waals surface area (Å²) >= 11 is 0. The maximum atomic E-state index is 13.1. The smallest absolute Gasteiger partial charge is 0.269 e. The van der Waals surface area contributed by atoms with Gasteiger partial charge in [-0.25, -0.2) is 13.1 Å². The highest BCUT2D eigenvalue weighted by molar-refractivity contribution is 7.92. The minimum atomic E-state index is -3.90. The maximum absolute atomic E-state index is 13.1. The van der Waals surface area contributed by atoms with Crippen molar-refractivity contribution in [2.45, 2.75) is 11.8 Å². The molecule has 11 heteroatoms. The summed E-state index contributed by atoms with van der Waals surface area (Å²) in [5.74, 6) is -0.205. The number of carbonyl (C=O) groups is 1. The van der Waals surface area contributed by atoms with Crippen LogP contribution in [0.25, 0.3) is 5.69 Å². The number of amides is 1. The highest BCUT2D eigenvalue weighted by atomic mass is 32.2. The SMILES string of the molecule is Cc1cc(NC(=O)c2cccc(S(=O)(=O)N(C)c3ccccc3)c2)n(-c2ccc([N+](=O)[O-])cc2)n1. The Morgan fingerprint density at radius 3 is 2.34 bits per heavy atom. The molecule has 0 unspecified atom stereocenters. The van der Waals surface area contributed by atoms with E-state index in [1.54, 1.807) is 43.3 Å². The van der Waals surface area contributed by atoms with Crippen molar-refractivity contribution in [2.75, 3.05) is 16.7 Å². The zero-order valence-electron chi connectivity index (χ0n) is 18.8. The van der Waals surface area contributed by atoms with E-state index in [2.05, 4.69) is 10.4 Å². The summed E-state index contributed by atoms with van der Waals surface area (Å²) in [6.07, 6.45) is 0. The van der Waals surface area contributed by atoms with E-state index in [0.717, 1.165) is 4.31 Å². The van der Waals surface area contributed by atoms with Crippen molar-refractivity contribution in [3.8, 4) is 5.69 Å². The van der Waals surface area contributed by atoms with Crippen LogP contribution in [0.4, 0.5) is 17.2 Å². The molecule has 35 heavy (non-hydrogen) atoms. The number of aryl methyl sites for hydroxylation is 1. The first-order valence-electron chi connectivity index (χ1n) is 10.4. The van der Waals surface area contributed by atoms with Gasteiger partial charge in [-0.05, 0) is 49.4 Å². The van der Waals surface area contributed by atoms with Gasteiger partial charge in [0.2, 0.25) is 0 Å². The van der Waals surface area contributed by atoms with Crippen LogP contribution in [-0.2, 0) is 10.0 Å². The van der Waals surface area contributed by atoms with Crippen LogP contribution in [0.3, 0.4) is 0 Å². The Morgan fingerprint density at radius 2 is 1.69 bits per heavy atom. The van der Waals surface area contributed by atoms with E-state index < -0.39 is 20.9 Å². The molecule has 0 aliphatic rings. The maximum Gasteiger partial charge on any atom is 0.269 e. The van der Waals surface area contributed by atoms with Gasteiger partial charge in [-0.3, -0.25) is 19.2 Å². The Kier molecular flexibility index (Phi) is 6.34. The average Bonchev–Trinajstić information content (AvgIpc) is 3.23. The summed E-state index contributed by atoms with van der Waals surface area (Å²) in [7, 11) is -2.45. The van der Waals surface area contributed by atoms with E-state index in [4.69, 9.17) is 0 Å². The number of sulfonamides is 1. The van der Waals surface area contributed by atoms with Gasteiger partial charge in [-0.15, -0.1) is 0 Å². The van der Waals surface area contributed by atoms with Gasteiger partial charge >= 0.3 is 0 Å². The first kappa shape index (κ1) is 23.6. The molecule has 0 aliphatic heterocycles. The lowest BCUT2D eigenvalue weighted by atomic mass is 10.2. The molecule has 10 nitrogen and oxygen atoms in total. The molecular formula is C24H21N5O5S. The average molecular weight is 492 g/mol. The summed E-state index contributed by atoms with van der Waals surface area (Å²) in [4.78, 5) is 23.4. The van der Waals surface area contributed by atoms with Crippen molar-refractivity contribution >= 4 is 33.1 Å². The van der Waals surface area contributed by atoms with Gasteiger partial charge in [-0.2, -0.15) is 5.10 Å². The van der Waals surface area contributed by atoms with Gasteiger partial charge in [0.05, 0.1) is 26.9 Å². The van der Waals surface area contributed by atoms with E-state index >= 15 is 0 Å². The molecule has 0 saturated carbocycles. The lowest BCUT2D eigenvalue weighted by Crippen LogP contribution is -2.26. The molecule has 1 aromatic heterocycles. The fraction of sp³-hybridized carbons (Fsp3) is 0.0833. The number of hydrogen-bond acceptors (Lipinski definition) is 6. The first-order chi connectivity index (χ1) is 16.7. The minimum Gasteiger partial charge on any atom is -0.306 e. The summed E-state index contributed by atoms with van der Waals surface area (Å²) < 4.78 is 28.8. The fourth-order valence-corrected chi connectivity index (χ4v) is 4.66. The van der Waals surface area contributed by atoms with Gasteiger partial charge in [0, 0.05) is 30.8 Å². The number of para-hydroxylation sites is 1. The highest BCUT2D eigenvalue weighted by Gasteiger charge is 2.23. The number of nitro benzene ring substituents is 1. The standard InChI is InChI=1S/C24H21N5O5S/c1-17-15-23(28(26-17)20-11-13-21(14-12-20)29(31)32)25-24(30)18-7-6-10-22(16-18)35(33,34)27(2)19-8-4-3-5-9-19/h3-16H,1-2H3,(H,25,30). The van der Waals surface area contributed by atoms with Crippen molar-refractivity contribution in [1.82, 2.24) is 9.78 Å². The highest BCUT2D eigenvalue weighted by Crippen LogP contribution is 2.24. The summed E-state index contributed by atoms with van der Waals surface area (Å²) in [5.41, 5.74) is 1.69. The van der Waals surface area contributed by atoms with E-state index in [0.29, 0.717) is 22.9 Å². The van der Waals surface area contributed by atoms with E-state index in [1.165, 1.54) is 60.3 Å². The molecule has 178 valence electrons. The summed E-state index contributed by atoms with van der Waals surface area (Å²) in [6, 6.07) is 21.7. The molecule has 0 atom stereocenters. The third kappa shape index (κ3) is 4.89. The van der Waals surface area contributed by atoms with Crippen molar-refractivity contribution < 1.29 is 18.1 Å². The summed E-state index contributed by atoms with van der Waals surface area (Å²) in [6.45, 7) is 1.74. The van der Waals surface area contributed by atoms with E-state index in [1.807, 2.05) is 0 Å². The number of nitro groups is 1. The van der Waals surface area contributed by atoms with E-state index in [-0.39, 0.29) is 16.1 Å². The molecule has 1 N–H and O–H groups in total. The second-order valence-corrected chi connectivity index (χ2v) is 9.62. The second-order valence-electron chi connectivity index (χ2n) is 7.65. The van der Waals surface area contributed by atoms with Gasteiger partial charge in [-0.1, -0.05) is 24.3 Å². The van der Waals surface area contributed by atoms with Crippen molar-refractivity contribution in [3.05, 3.63) is 106 Å². The van der Waals surface area contributed by atoms with Crippen LogP contribution in [0.2, 0.25) is 0 Å². The lowest BCUT2D eigenvalue weighted by molar-refractivity contribution is -0.384. The van der Waals surface area contributed by atoms with Crippen LogP contribution in [0.1, 0.15) is 16.1 Å². The van der Waals surface area contributed by atoms with Crippen molar-refractivity contribution in [2.24, 2.45) is 0 Å². The molecular weight excluding hydrogens is 470 g/mol. The van der Waals surface area contributed by atoms with Gasteiger partial charge in [0.1, 0.15) is 5.82 Å². The lowest BCUT2D eigenvalue weighted by Gasteiger charge is -2.19. The third-order valence-corrected chi connectivity index (χ3v) is 7.03. The largest absolute Gasteiger partial charge is 0.306 e. The van der Waals surface area contributed by atoms with Crippen LogP contribution >= 0.6 is 0 Å². The number of anilines is 2. The quantitative estimate of drug-likeness (QED) is 0.305. The Hall–Kier alpha value is -4.51. The molecule has 1 amide bonds. The van der Waals surface area contributed by atoms with Gasteiger partial charge < -0.3 is 5.32 Å². The summed E-state index contributed by atoms with van der Waals surface area (Å²) in [5, 5.41) is 18.0. The third-order valence-electron chi connectivity index (χ3n) is 5.25. The number of rotatable bonds is 7. The van der Waals surface area contributed by atoms with Crippen LogP contribution in [-0.4, -0.2) is 36.1 Å². The number of carbonyl (C=O) groups excluding carboxylic acids is 1. The Labute approximate surface area is 201 Å². The van der Waals surface area contributed by atoms with E-state index in [9.17, 15) is 23.3 Å². The molecule has 1 heterocycles. The minimum absolute atomic E-state index is 0.0310. The topological polar surface area (TPSA) is 127 Å². The van der Waals surface area contributed by atoms with Gasteiger partial charge in [0.25, 0.3) is 21.6 Å². The molecule has 0 bridgehead atoms. The second kappa shape index (κ2) is 9.39. The van der Waals surface area contributed by atoms with Gasteiger partial charge in [0.15, 0.2) is 0 Å². The zero-order chi connectivity index (χ0) is 25.2. The molecule has 4 aromatic rings. The van der Waals surface area contributed by atoms with Crippen LogP contribution in [0, 0.1) is 17.0 Å². The number of aromatic nitrogens is 2. The van der Waals surface area contributed by atoms with Crippen LogP contribution < -0.4 is 9.62 Å². The van der Waals surface area contributed by atoms with Crippen LogP contribution in [0.15, 0.2) is 89.8 Å². The normalized spacial score (nSPS) is 11.1. The number of non-ortho nitro benzene ring substituents is 1. The zero-order valence-corrected chi connectivity index (χ0v) is 19.6. The molecule has 0 saturated heterocycles. The molecule has 0 radical (unpaired) electrons. The first-order valence-corrected chi connectivity index (χ1v) is 11.9. The van der Waals surface area contributed by atoms with Crippen molar-refractivity contribution in [3.63, 3.8) is 0 Å². The monoisotopic (exact) mass is 491 g/mol. The van der Waals surface area contributed by atoms with Crippen LogP contribution in [0.5, 0.6) is 0 Å². The molecule has 3 aromatic carbocycles. The van der Waals surface area contributed by atoms with Crippen molar-refractivity contribution in [1.29, 1.82) is 0 Å². The predicted molar refractivity (Wildman–Crippen MR) is 131 cm³/mol. The number of nitrogens with one attached hydrogen (secondary N) is 1. The molecule has 0 aliphatic carbocycles. The number of nitrogens with zero attached hydrogens (tertiary/aromatic N) is 4. The fourth-order valence-electron chi connectivity index (χ4n) is 3.42. The molecule has 4 rings (SSSR count). The molecule has 0 spiro atoms. The Balaban J connectivity index is 1.60. The predicted octanol–water partition coefficient (Wildman–Crippen LogP) is 4.17. The Morgan fingerprint density at radius 1 is 1.00 bits per heavy atom. The Bertz CT molecular complexity index is 1500.